The van der Waals surface area contributed by atoms with Crippen LogP contribution in [0.2, 0.25) is 0 Å². The molecule has 1 aromatic heterocycles. The van der Waals surface area contributed by atoms with Gasteiger partial charge in [0.2, 0.25) is 5.91 Å². The van der Waals surface area contributed by atoms with E-state index in [0.29, 0.717) is 19.5 Å². The first-order valence-electron chi connectivity index (χ1n) is 12.0. The number of furan rings is 1. The second-order valence-electron chi connectivity index (χ2n) is 9.31. The summed E-state index contributed by atoms with van der Waals surface area (Å²) in [7, 11) is 0. The van der Waals surface area contributed by atoms with E-state index in [2.05, 4.69) is 5.32 Å². The Kier molecular flexibility index (Phi) is 6.03. The Morgan fingerprint density at radius 1 is 1.00 bits per heavy atom. The third-order valence-corrected chi connectivity index (χ3v) is 6.81. The number of nitrogens with one attached hydrogen (secondary N) is 1. The minimum atomic E-state index is 0.0551. The molecule has 2 heterocycles. The number of fused-ring (bicyclic) bond motifs is 1. The van der Waals surface area contributed by atoms with Crippen molar-refractivity contribution in [1.29, 1.82) is 0 Å². The second-order valence-corrected chi connectivity index (χ2v) is 9.31. The van der Waals surface area contributed by atoms with E-state index in [0.717, 1.165) is 65.1 Å². The molecule has 0 radical (unpaired) electrons. The van der Waals surface area contributed by atoms with Gasteiger partial charge < -0.3 is 14.6 Å². The van der Waals surface area contributed by atoms with Gasteiger partial charge >= 0.3 is 0 Å². The Morgan fingerprint density at radius 2 is 1.82 bits per heavy atom. The molecular formula is C28H30N2O3. The van der Waals surface area contributed by atoms with Gasteiger partial charge in [0.25, 0.3) is 5.91 Å². The van der Waals surface area contributed by atoms with Crippen LogP contribution in [0.25, 0.3) is 11.3 Å². The normalized spacial score (nSPS) is 16.3. The fourth-order valence-corrected chi connectivity index (χ4v) is 4.97. The zero-order valence-corrected chi connectivity index (χ0v) is 19.1. The maximum absolute atomic E-state index is 13.0. The summed E-state index contributed by atoms with van der Waals surface area (Å²) >= 11 is 0. The number of carbonyl (C=O) groups excluding carboxylic acids is 2. The van der Waals surface area contributed by atoms with Crippen LogP contribution in [-0.4, -0.2) is 23.3 Å². The average molecular weight is 443 g/mol. The van der Waals surface area contributed by atoms with Crippen molar-refractivity contribution in [1.82, 2.24) is 4.90 Å². The summed E-state index contributed by atoms with van der Waals surface area (Å²) in [6.07, 6.45) is 6.17. The number of aryl methyl sites for hydroxylation is 1. The molecule has 5 heteroatoms. The van der Waals surface area contributed by atoms with Gasteiger partial charge in [0.05, 0.1) is 0 Å². The molecule has 33 heavy (non-hydrogen) atoms. The van der Waals surface area contributed by atoms with Crippen molar-refractivity contribution in [2.45, 2.75) is 52.0 Å². The number of hydrogen-bond donors (Lipinski definition) is 1. The number of hydrogen-bond acceptors (Lipinski definition) is 3. The highest BCUT2D eigenvalue weighted by atomic mass is 16.3. The summed E-state index contributed by atoms with van der Waals surface area (Å²) in [5.41, 5.74) is 4.59. The Morgan fingerprint density at radius 3 is 2.64 bits per heavy atom. The van der Waals surface area contributed by atoms with Gasteiger partial charge in [-0.25, -0.2) is 0 Å². The summed E-state index contributed by atoms with van der Waals surface area (Å²) < 4.78 is 6.17. The minimum Gasteiger partial charge on any atom is -0.461 e. The molecule has 1 N–H and O–H groups in total. The lowest BCUT2D eigenvalue weighted by Gasteiger charge is -2.26. The van der Waals surface area contributed by atoms with Crippen molar-refractivity contribution in [2.24, 2.45) is 5.92 Å². The summed E-state index contributed by atoms with van der Waals surface area (Å²) in [4.78, 5) is 27.5. The van der Waals surface area contributed by atoms with Gasteiger partial charge in [0.15, 0.2) is 0 Å². The van der Waals surface area contributed by atoms with Crippen molar-refractivity contribution in [3.05, 3.63) is 77.0 Å². The molecule has 170 valence electrons. The summed E-state index contributed by atoms with van der Waals surface area (Å²) in [6.45, 7) is 3.19. The Hall–Kier alpha value is -3.34. The lowest BCUT2D eigenvalue weighted by Crippen LogP contribution is -2.35. The lowest BCUT2D eigenvalue weighted by atomic mass is 9.88. The molecule has 0 bridgehead atoms. The van der Waals surface area contributed by atoms with Crippen molar-refractivity contribution in [3.63, 3.8) is 0 Å². The number of carbonyl (C=O) groups is 2. The Labute approximate surface area is 194 Å². The monoisotopic (exact) mass is 442 g/mol. The standard InChI is InChI=1S/C28H30N2O3/c1-19-7-5-11-22(15-19)28(32)30-14-13-25-23(18-30)17-26(33-25)21-10-6-12-24(16-21)29-27(31)20-8-3-2-4-9-20/h5-7,10-12,15-17,20H,2-4,8-9,13-14,18H2,1H3,(H,29,31). The molecule has 0 unspecified atom stereocenters. The third kappa shape index (κ3) is 4.72. The molecule has 1 saturated carbocycles. The number of rotatable bonds is 4. The highest BCUT2D eigenvalue weighted by molar-refractivity contribution is 5.94. The van der Waals surface area contributed by atoms with E-state index in [9.17, 15) is 9.59 Å². The van der Waals surface area contributed by atoms with Crippen LogP contribution in [0.3, 0.4) is 0 Å². The molecule has 2 aliphatic rings. The van der Waals surface area contributed by atoms with Gasteiger partial charge in [-0.3, -0.25) is 9.59 Å². The number of nitrogens with zero attached hydrogens (tertiary/aromatic N) is 1. The van der Waals surface area contributed by atoms with Crippen molar-refractivity contribution < 1.29 is 14.0 Å². The van der Waals surface area contributed by atoms with E-state index in [-0.39, 0.29) is 17.7 Å². The molecule has 3 aromatic rings. The van der Waals surface area contributed by atoms with Gasteiger partial charge in [-0.2, -0.15) is 0 Å². The minimum absolute atomic E-state index is 0.0551. The van der Waals surface area contributed by atoms with Gasteiger partial charge in [0, 0.05) is 47.8 Å². The maximum atomic E-state index is 13.0. The predicted octanol–water partition coefficient (Wildman–Crippen LogP) is 5.97. The molecular weight excluding hydrogens is 412 g/mol. The first kappa shape index (κ1) is 21.5. The summed E-state index contributed by atoms with van der Waals surface area (Å²) in [5.74, 6) is 2.01. The van der Waals surface area contributed by atoms with Gasteiger partial charge in [0.1, 0.15) is 11.5 Å². The van der Waals surface area contributed by atoms with E-state index >= 15 is 0 Å². The zero-order valence-electron chi connectivity index (χ0n) is 19.1. The number of anilines is 1. The topological polar surface area (TPSA) is 62.6 Å². The van der Waals surface area contributed by atoms with Gasteiger partial charge in [-0.1, -0.05) is 49.1 Å². The molecule has 0 saturated heterocycles. The maximum Gasteiger partial charge on any atom is 0.254 e. The molecule has 2 aromatic carbocycles. The van der Waals surface area contributed by atoms with Gasteiger partial charge in [-0.05, 0) is 50.1 Å². The second kappa shape index (κ2) is 9.26. The molecule has 5 nitrogen and oxygen atoms in total. The van der Waals surface area contributed by atoms with E-state index in [4.69, 9.17) is 4.42 Å². The van der Waals surface area contributed by atoms with Crippen LogP contribution < -0.4 is 5.32 Å². The number of benzene rings is 2. The quantitative estimate of drug-likeness (QED) is 0.541. The molecule has 2 amide bonds. The first-order valence-corrected chi connectivity index (χ1v) is 12.0. The fraction of sp³-hybridized carbons (Fsp3) is 0.357. The van der Waals surface area contributed by atoms with Crippen LogP contribution in [0.4, 0.5) is 5.69 Å². The predicted molar refractivity (Wildman–Crippen MR) is 129 cm³/mol. The lowest BCUT2D eigenvalue weighted by molar-refractivity contribution is -0.120. The Balaban J connectivity index is 1.30. The van der Waals surface area contributed by atoms with Gasteiger partial charge in [-0.15, -0.1) is 0 Å². The van der Waals surface area contributed by atoms with Crippen molar-refractivity contribution >= 4 is 17.5 Å². The van der Waals surface area contributed by atoms with E-state index in [1.165, 1.54) is 6.42 Å². The van der Waals surface area contributed by atoms with Crippen LogP contribution in [0.5, 0.6) is 0 Å². The number of amides is 2. The van der Waals surface area contributed by atoms with E-state index in [1.54, 1.807) is 0 Å². The van der Waals surface area contributed by atoms with Crippen molar-refractivity contribution in [2.75, 3.05) is 11.9 Å². The van der Waals surface area contributed by atoms with Crippen LogP contribution >= 0.6 is 0 Å². The highest BCUT2D eigenvalue weighted by Crippen LogP contribution is 2.32. The molecule has 0 atom stereocenters. The molecule has 0 spiro atoms. The van der Waals surface area contributed by atoms with Crippen LogP contribution in [0.1, 0.15) is 59.3 Å². The molecule has 1 aliphatic heterocycles. The molecule has 1 fully saturated rings. The van der Waals surface area contributed by atoms with E-state index in [1.807, 2.05) is 66.4 Å². The summed E-state index contributed by atoms with van der Waals surface area (Å²) in [6, 6.07) is 17.6. The third-order valence-electron chi connectivity index (χ3n) is 6.81. The molecule has 1 aliphatic carbocycles. The fourth-order valence-electron chi connectivity index (χ4n) is 4.97. The van der Waals surface area contributed by atoms with Crippen LogP contribution in [0, 0.1) is 12.8 Å². The zero-order chi connectivity index (χ0) is 22.8. The summed E-state index contributed by atoms with van der Waals surface area (Å²) in [5, 5.41) is 3.09. The Bertz CT molecular complexity index is 1170. The SMILES string of the molecule is Cc1cccc(C(=O)N2CCc3oc(-c4cccc(NC(=O)C5CCCCC5)c4)cc3C2)c1. The smallest absolute Gasteiger partial charge is 0.254 e. The average Bonchev–Trinajstić information content (AvgIpc) is 3.28. The molecule has 5 rings (SSSR count). The largest absolute Gasteiger partial charge is 0.461 e. The van der Waals surface area contributed by atoms with Crippen LogP contribution in [0.15, 0.2) is 59.0 Å². The van der Waals surface area contributed by atoms with Crippen LogP contribution in [-0.2, 0) is 17.8 Å². The van der Waals surface area contributed by atoms with Crippen molar-refractivity contribution in [3.8, 4) is 11.3 Å². The highest BCUT2D eigenvalue weighted by Gasteiger charge is 2.26. The first-order chi connectivity index (χ1) is 16.1. The van der Waals surface area contributed by atoms with E-state index < -0.39 is 0 Å².